The van der Waals surface area contributed by atoms with Crippen molar-refractivity contribution >= 4 is 28.5 Å². The second-order valence-electron chi connectivity index (χ2n) is 7.42. The van der Waals surface area contributed by atoms with E-state index in [1.54, 1.807) is 24.0 Å². The summed E-state index contributed by atoms with van der Waals surface area (Å²) in [6.45, 7) is 2.30. The molecule has 2 heterocycles. The summed E-state index contributed by atoms with van der Waals surface area (Å²) < 4.78 is 11.2. The van der Waals surface area contributed by atoms with Crippen LogP contribution in [0.5, 0.6) is 5.75 Å². The van der Waals surface area contributed by atoms with Gasteiger partial charge in [-0.25, -0.2) is 0 Å². The number of amides is 2. The van der Waals surface area contributed by atoms with Crippen LogP contribution in [0, 0.1) is 5.92 Å². The van der Waals surface area contributed by atoms with Crippen LogP contribution < -0.4 is 9.64 Å². The molecule has 6 heteroatoms. The maximum Gasteiger partial charge on any atom is 0.228 e. The molecular weight excluding hydrogens is 368 g/mol. The van der Waals surface area contributed by atoms with E-state index in [9.17, 15) is 9.59 Å². The lowest BCUT2D eigenvalue weighted by atomic mass is 10.1. The molecule has 0 spiro atoms. The Labute approximate surface area is 169 Å². The fourth-order valence-corrected chi connectivity index (χ4v) is 3.78. The summed E-state index contributed by atoms with van der Waals surface area (Å²) in [4.78, 5) is 29.0. The van der Waals surface area contributed by atoms with Crippen molar-refractivity contribution in [3.05, 3.63) is 60.4 Å². The van der Waals surface area contributed by atoms with Crippen molar-refractivity contribution in [3.8, 4) is 5.75 Å². The van der Waals surface area contributed by atoms with Crippen LogP contribution in [-0.2, 0) is 9.59 Å². The molecule has 1 fully saturated rings. The highest BCUT2D eigenvalue weighted by molar-refractivity contribution is 6.00. The Kier molecular flexibility index (Phi) is 5.01. The largest absolute Gasteiger partial charge is 0.497 e. The van der Waals surface area contributed by atoms with E-state index in [1.165, 1.54) is 0 Å². The highest BCUT2D eigenvalue weighted by Gasteiger charge is 2.38. The van der Waals surface area contributed by atoms with E-state index in [-0.39, 0.29) is 30.2 Å². The summed E-state index contributed by atoms with van der Waals surface area (Å²) in [5, 5.41) is 1.01. The number of carbonyl (C=O) groups excluding carboxylic acids is 2. The number of carbonyl (C=O) groups is 2. The number of furan rings is 1. The van der Waals surface area contributed by atoms with E-state index in [0.717, 1.165) is 22.4 Å². The van der Waals surface area contributed by atoms with E-state index in [1.807, 2.05) is 61.5 Å². The maximum atomic E-state index is 13.1. The second kappa shape index (κ2) is 7.62. The molecule has 1 aliphatic rings. The molecule has 3 aromatic rings. The predicted octanol–water partition coefficient (Wildman–Crippen LogP) is 4.01. The normalized spacial score (nSPS) is 17.6. The minimum absolute atomic E-state index is 0.0543. The molecule has 4 rings (SSSR count). The van der Waals surface area contributed by atoms with Crippen molar-refractivity contribution in [3.63, 3.8) is 0 Å². The lowest BCUT2D eigenvalue weighted by Gasteiger charge is -2.26. The molecular formula is C23H24N2O4. The molecule has 2 atom stereocenters. The zero-order valence-electron chi connectivity index (χ0n) is 16.8. The maximum absolute atomic E-state index is 13.1. The van der Waals surface area contributed by atoms with Gasteiger partial charge in [0.1, 0.15) is 17.1 Å². The van der Waals surface area contributed by atoms with Gasteiger partial charge in [0, 0.05) is 37.2 Å². The zero-order chi connectivity index (χ0) is 20.5. The standard InChI is InChI=1S/C23H24N2O4/c1-15(21-11-16-7-4-5-10-20(16)29-21)24(2)23(27)17-12-22(26)25(14-17)18-8-6-9-19(13-18)28-3/h4-11,13,15,17H,12,14H2,1-3H3/t15-,17+/m0/s1. The van der Waals surface area contributed by atoms with Gasteiger partial charge in [0.2, 0.25) is 11.8 Å². The first-order chi connectivity index (χ1) is 14.0. The first-order valence-electron chi connectivity index (χ1n) is 9.67. The van der Waals surface area contributed by atoms with E-state index < -0.39 is 0 Å². The lowest BCUT2D eigenvalue weighted by Crippen LogP contribution is -2.36. The second-order valence-corrected chi connectivity index (χ2v) is 7.42. The summed E-state index contributed by atoms with van der Waals surface area (Å²) in [5.41, 5.74) is 1.55. The number of fused-ring (bicyclic) bond motifs is 1. The van der Waals surface area contributed by atoms with Gasteiger partial charge in [-0.1, -0.05) is 24.3 Å². The summed E-state index contributed by atoms with van der Waals surface area (Å²) in [6, 6.07) is 16.8. The molecule has 6 nitrogen and oxygen atoms in total. The Bertz CT molecular complexity index is 1020. The fourth-order valence-electron chi connectivity index (χ4n) is 3.78. The number of hydrogen-bond acceptors (Lipinski definition) is 4. The topological polar surface area (TPSA) is 63.0 Å². The predicted molar refractivity (Wildman–Crippen MR) is 111 cm³/mol. The highest BCUT2D eigenvalue weighted by Crippen LogP contribution is 2.31. The van der Waals surface area contributed by atoms with E-state index in [0.29, 0.717) is 12.3 Å². The third-order valence-electron chi connectivity index (χ3n) is 5.62. The van der Waals surface area contributed by atoms with Crippen LogP contribution in [0.15, 0.2) is 59.0 Å². The third kappa shape index (κ3) is 3.58. The Balaban J connectivity index is 1.49. The number of anilines is 1. The Morgan fingerprint density at radius 1 is 1.21 bits per heavy atom. The average molecular weight is 392 g/mol. The van der Waals surface area contributed by atoms with Gasteiger partial charge < -0.3 is 19.0 Å². The molecule has 29 heavy (non-hydrogen) atoms. The average Bonchev–Trinajstić information content (AvgIpc) is 3.35. The molecule has 0 radical (unpaired) electrons. The van der Waals surface area contributed by atoms with Gasteiger partial charge in [0.15, 0.2) is 0 Å². The van der Waals surface area contributed by atoms with Crippen LogP contribution in [-0.4, -0.2) is 37.4 Å². The molecule has 0 N–H and O–H groups in total. The highest BCUT2D eigenvalue weighted by atomic mass is 16.5. The molecule has 0 saturated carbocycles. The van der Waals surface area contributed by atoms with Crippen molar-refractivity contribution in [2.24, 2.45) is 5.92 Å². The van der Waals surface area contributed by atoms with Crippen molar-refractivity contribution in [2.45, 2.75) is 19.4 Å². The van der Waals surface area contributed by atoms with Gasteiger partial charge in [-0.05, 0) is 31.2 Å². The Morgan fingerprint density at radius 3 is 2.76 bits per heavy atom. The van der Waals surface area contributed by atoms with Crippen LogP contribution in [0.1, 0.15) is 25.1 Å². The SMILES string of the molecule is COc1cccc(N2C[C@H](C(=O)N(C)[C@@H](C)c3cc4ccccc4o3)CC2=O)c1. The van der Waals surface area contributed by atoms with E-state index >= 15 is 0 Å². The van der Waals surface area contributed by atoms with Gasteiger partial charge in [-0.2, -0.15) is 0 Å². The van der Waals surface area contributed by atoms with Crippen LogP contribution in [0.2, 0.25) is 0 Å². The Hall–Kier alpha value is -3.28. The first kappa shape index (κ1) is 19.1. The van der Waals surface area contributed by atoms with Gasteiger partial charge in [0.05, 0.1) is 19.1 Å². The molecule has 2 aromatic carbocycles. The fraction of sp³-hybridized carbons (Fsp3) is 0.304. The van der Waals surface area contributed by atoms with Crippen LogP contribution in [0.25, 0.3) is 11.0 Å². The van der Waals surface area contributed by atoms with Gasteiger partial charge >= 0.3 is 0 Å². The third-order valence-corrected chi connectivity index (χ3v) is 5.62. The summed E-state index contributed by atoms with van der Waals surface area (Å²) in [7, 11) is 3.35. The number of hydrogen-bond donors (Lipinski definition) is 0. The van der Waals surface area contributed by atoms with E-state index in [4.69, 9.17) is 9.15 Å². The molecule has 2 amide bonds. The van der Waals surface area contributed by atoms with Crippen molar-refractivity contribution in [1.82, 2.24) is 4.90 Å². The van der Waals surface area contributed by atoms with Crippen molar-refractivity contribution in [2.75, 3.05) is 25.6 Å². The lowest BCUT2D eigenvalue weighted by molar-refractivity contribution is -0.136. The minimum Gasteiger partial charge on any atom is -0.497 e. The van der Waals surface area contributed by atoms with Crippen molar-refractivity contribution in [1.29, 1.82) is 0 Å². The summed E-state index contributed by atoms with van der Waals surface area (Å²) in [5.74, 6) is 0.917. The monoisotopic (exact) mass is 392 g/mol. The summed E-state index contributed by atoms with van der Waals surface area (Å²) in [6.07, 6.45) is 0.202. The molecule has 1 aliphatic heterocycles. The quantitative estimate of drug-likeness (QED) is 0.658. The number of benzene rings is 2. The van der Waals surface area contributed by atoms with Crippen LogP contribution in [0.4, 0.5) is 5.69 Å². The van der Waals surface area contributed by atoms with E-state index in [2.05, 4.69) is 0 Å². The number of rotatable bonds is 5. The smallest absolute Gasteiger partial charge is 0.228 e. The number of ether oxygens (including phenoxy) is 1. The van der Waals surface area contributed by atoms with Gasteiger partial charge in [-0.3, -0.25) is 9.59 Å². The number of para-hydroxylation sites is 1. The molecule has 0 bridgehead atoms. The van der Waals surface area contributed by atoms with Crippen molar-refractivity contribution < 1.29 is 18.7 Å². The van der Waals surface area contributed by atoms with Gasteiger partial charge in [-0.15, -0.1) is 0 Å². The van der Waals surface area contributed by atoms with Crippen LogP contribution in [0.3, 0.4) is 0 Å². The minimum atomic E-state index is -0.384. The Morgan fingerprint density at radius 2 is 2.00 bits per heavy atom. The molecule has 1 aromatic heterocycles. The summed E-state index contributed by atoms with van der Waals surface area (Å²) >= 11 is 0. The molecule has 0 aliphatic carbocycles. The first-order valence-corrected chi connectivity index (χ1v) is 9.67. The molecule has 1 saturated heterocycles. The molecule has 0 unspecified atom stereocenters. The zero-order valence-corrected chi connectivity index (χ0v) is 16.8. The number of nitrogens with zero attached hydrogens (tertiary/aromatic N) is 2. The van der Waals surface area contributed by atoms with Gasteiger partial charge in [0.25, 0.3) is 0 Å². The molecule has 150 valence electrons. The van der Waals surface area contributed by atoms with Crippen LogP contribution >= 0.6 is 0 Å². The number of methoxy groups -OCH3 is 1.